The third-order valence-corrected chi connectivity index (χ3v) is 4.96. The maximum absolute atomic E-state index is 13.0. The zero-order valence-corrected chi connectivity index (χ0v) is 18.6. The van der Waals surface area contributed by atoms with Crippen molar-refractivity contribution in [3.63, 3.8) is 0 Å². The van der Waals surface area contributed by atoms with Crippen LogP contribution in [-0.4, -0.2) is 42.8 Å². The largest absolute Gasteiger partial charge is 0.493 e. The summed E-state index contributed by atoms with van der Waals surface area (Å²) in [6.07, 6.45) is -0.266. The quantitative estimate of drug-likeness (QED) is 0.669. The summed E-state index contributed by atoms with van der Waals surface area (Å²) in [5.74, 6) is 0.661. The highest BCUT2D eigenvalue weighted by Gasteiger charge is 2.38. The van der Waals surface area contributed by atoms with Gasteiger partial charge in [0.25, 0.3) is 0 Å². The molecule has 2 aromatic rings. The smallest absolute Gasteiger partial charge is 0.411 e. The van der Waals surface area contributed by atoms with E-state index in [-0.39, 0.29) is 13.2 Å². The second-order valence-electron chi connectivity index (χ2n) is 8.40. The van der Waals surface area contributed by atoms with Crippen LogP contribution in [0.1, 0.15) is 37.5 Å². The number of benzene rings is 2. The minimum absolute atomic E-state index is 0.136. The molecule has 1 atom stereocenters. The Morgan fingerprint density at radius 1 is 1.00 bits per heavy atom. The predicted octanol–water partition coefficient (Wildman–Crippen LogP) is 4.11. The Morgan fingerprint density at radius 3 is 2.19 bits per heavy atom. The highest BCUT2D eigenvalue weighted by atomic mass is 16.6. The van der Waals surface area contributed by atoms with Gasteiger partial charge in [0.2, 0.25) is 0 Å². The fraction of sp³-hybridized carbons (Fsp3) is 0.417. The molecule has 0 radical (unpaired) electrons. The summed E-state index contributed by atoms with van der Waals surface area (Å²) < 4.78 is 21.9. The molecule has 7 nitrogen and oxygen atoms in total. The summed E-state index contributed by atoms with van der Waals surface area (Å²) >= 11 is 0. The van der Waals surface area contributed by atoms with Crippen LogP contribution in [0.4, 0.5) is 4.79 Å². The van der Waals surface area contributed by atoms with Crippen molar-refractivity contribution in [1.82, 2.24) is 4.90 Å². The normalized spacial score (nSPS) is 15.6. The first-order valence-corrected chi connectivity index (χ1v) is 10.2. The zero-order chi connectivity index (χ0) is 22.6. The molecule has 0 fully saturated rings. The van der Waals surface area contributed by atoms with Crippen molar-refractivity contribution in [2.24, 2.45) is 0 Å². The molecule has 0 spiro atoms. The third kappa shape index (κ3) is 5.48. The van der Waals surface area contributed by atoms with E-state index in [4.69, 9.17) is 18.9 Å². The Kier molecular flexibility index (Phi) is 6.73. The molecule has 1 aliphatic rings. The van der Waals surface area contributed by atoms with Gasteiger partial charge in [-0.2, -0.15) is 0 Å². The van der Waals surface area contributed by atoms with E-state index >= 15 is 0 Å². The average Bonchev–Trinajstić information content (AvgIpc) is 2.75. The summed E-state index contributed by atoms with van der Waals surface area (Å²) in [4.78, 5) is 27.4. The Labute approximate surface area is 182 Å². The van der Waals surface area contributed by atoms with E-state index in [0.717, 1.165) is 16.7 Å². The Bertz CT molecular complexity index is 935. The van der Waals surface area contributed by atoms with Crippen LogP contribution >= 0.6 is 0 Å². The van der Waals surface area contributed by atoms with Crippen molar-refractivity contribution >= 4 is 12.1 Å². The van der Waals surface area contributed by atoms with Gasteiger partial charge in [0.05, 0.1) is 20.8 Å². The van der Waals surface area contributed by atoms with E-state index in [1.807, 2.05) is 42.5 Å². The number of esters is 1. The number of nitrogens with zero attached hydrogens (tertiary/aromatic N) is 1. The number of methoxy groups -OCH3 is 2. The van der Waals surface area contributed by atoms with Gasteiger partial charge in [-0.1, -0.05) is 30.3 Å². The van der Waals surface area contributed by atoms with Crippen molar-refractivity contribution in [3.05, 3.63) is 59.2 Å². The van der Waals surface area contributed by atoms with Crippen LogP contribution in [0, 0.1) is 0 Å². The molecule has 0 unspecified atom stereocenters. The SMILES string of the molecule is COc1cc2c(cc1OC)CN(C(=O)OC(C)(C)C)[C@H](C(=O)OCc1ccccc1)C2. The number of fused-ring (bicyclic) bond motifs is 1. The number of amides is 1. The fourth-order valence-electron chi connectivity index (χ4n) is 3.46. The van der Waals surface area contributed by atoms with Crippen LogP contribution in [0.5, 0.6) is 11.5 Å². The molecule has 0 aromatic heterocycles. The molecular weight excluding hydrogens is 398 g/mol. The Hall–Kier alpha value is -3.22. The van der Waals surface area contributed by atoms with Crippen LogP contribution in [0.25, 0.3) is 0 Å². The Morgan fingerprint density at radius 2 is 1.61 bits per heavy atom. The van der Waals surface area contributed by atoms with Crippen molar-refractivity contribution in [3.8, 4) is 11.5 Å². The summed E-state index contributed by atoms with van der Waals surface area (Å²) in [5.41, 5.74) is 1.96. The summed E-state index contributed by atoms with van der Waals surface area (Å²) in [5, 5.41) is 0. The van der Waals surface area contributed by atoms with Gasteiger partial charge < -0.3 is 18.9 Å². The van der Waals surface area contributed by atoms with E-state index in [1.165, 1.54) is 4.90 Å². The molecule has 3 rings (SSSR count). The molecule has 0 saturated heterocycles. The lowest BCUT2D eigenvalue weighted by atomic mass is 9.93. The van der Waals surface area contributed by atoms with Gasteiger partial charge >= 0.3 is 12.1 Å². The van der Waals surface area contributed by atoms with Crippen LogP contribution in [0.15, 0.2) is 42.5 Å². The molecule has 166 valence electrons. The van der Waals surface area contributed by atoms with E-state index in [1.54, 1.807) is 35.0 Å². The Balaban J connectivity index is 1.88. The molecule has 0 aliphatic carbocycles. The van der Waals surface area contributed by atoms with Crippen LogP contribution < -0.4 is 9.47 Å². The van der Waals surface area contributed by atoms with Gasteiger partial charge in [0.1, 0.15) is 18.2 Å². The number of ether oxygens (including phenoxy) is 4. The van der Waals surface area contributed by atoms with Crippen molar-refractivity contribution < 1.29 is 28.5 Å². The molecule has 0 saturated carbocycles. The number of hydrogen-bond donors (Lipinski definition) is 0. The van der Waals surface area contributed by atoms with E-state index < -0.39 is 23.7 Å². The lowest BCUT2D eigenvalue weighted by molar-refractivity contribution is -0.151. The predicted molar refractivity (Wildman–Crippen MR) is 115 cm³/mol. The minimum Gasteiger partial charge on any atom is -0.493 e. The summed E-state index contributed by atoms with van der Waals surface area (Å²) in [6, 6.07) is 12.3. The van der Waals surface area contributed by atoms with E-state index in [2.05, 4.69) is 0 Å². The van der Waals surface area contributed by atoms with Gasteiger partial charge in [-0.3, -0.25) is 4.90 Å². The average molecular weight is 427 g/mol. The summed E-state index contributed by atoms with van der Waals surface area (Å²) in [6.45, 7) is 5.71. The first-order valence-electron chi connectivity index (χ1n) is 10.2. The summed E-state index contributed by atoms with van der Waals surface area (Å²) in [7, 11) is 3.12. The second kappa shape index (κ2) is 9.29. The molecule has 1 aliphatic heterocycles. The van der Waals surface area contributed by atoms with Gasteiger partial charge in [-0.15, -0.1) is 0 Å². The molecule has 0 bridgehead atoms. The molecule has 31 heavy (non-hydrogen) atoms. The second-order valence-corrected chi connectivity index (χ2v) is 8.40. The first-order chi connectivity index (χ1) is 14.7. The zero-order valence-electron chi connectivity index (χ0n) is 18.6. The van der Waals surface area contributed by atoms with Crippen molar-refractivity contribution in [2.75, 3.05) is 14.2 Å². The number of carbonyl (C=O) groups excluding carboxylic acids is 2. The first kappa shape index (κ1) is 22.5. The minimum atomic E-state index is -0.802. The molecular formula is C24H29NO6. The molecule has 0 N–H and O–H groups in total. The van der Waals surface area contributed by atoms with Crippen molar-refractivity contribution in [2.45, 2.75) is 52.0 Å². The van der Waals surface area contributed by atoms with Crippen LogP contribution in [0.2, 0.25) is 0 Å². The molecule has 1 heterocycles. The lowest BCUT2D eigenvalue weighted by Crippen LogP contribution is -2.50. The maximum Gasteiger partial charge on any atom is 0.411 e. The van der Waals surface area contributed by atoms with Gasteiger partial charge in [0, 0.05) is 6.42 Å². The molecule has 2 aromatic carbocycles. The van der Waals surface area contributed by atoms with Crippen LogP contribution in [-0.2, 0) is 33.8 Å². The number of rotatable bonds is 5. The molecule has 1 amide bonds. The van der Waals surface area contributed by atoms with Gasteiger partial charge in [-0.05, 0) is 49.6 Å². The lowest BCUT2D eigenvalue weighted by Gasteiger charge is -2.36. The van der Waals surface area contributed by atoms with Gasteiger partial charge in [0.15, 0.2) is 11.5 Å². The van der Waals surface area contributed by atoms with Gasteiger partial charge in [-0.25, -0.2) is 9.59 Å². The van der Waals surface area contributed by atoms with E-state index in [9.17, 15) is 9.59 Å². The number of hydrogen-bond acceptors (Lipinski definition) is 6. The van der Waals surface area contributed by atoms with Crippen LogP contribution in [0.3, 0.4) is 0 Å². The maximum atomic E-state index is 13.0. The monoisotopic (exact) mass is 427 g/mol. The molecule has 7 heteroatoms. The fourth-order valence-corrected chi connectivity index (χ4v) is 3.46. The van der Waals surface area contributed by atoms with E-state index in [0.29, 0.717) is 17.9 Å². The number of carbonyl (C=O) groups is 2. The standard InChI is InChI=1S/C24H29NO6/c1-24(2,3)31-23(27)25-14-18-13-21(29-5)20(28-4)12-17(18)11-19(25)22(26)30-15-16-9-7-6-8-10-16/h6-10,12-13,19H,11,14-15H2,1-5H3/t19-/m0/s1. The van der Waals surface area contributed by atoms with Crippen molar-refractivity contribution in [1.29, 1.82) is 0 Å². The highest BCUT2D eigenvalue weighted by Crippen LogP contribution is 2.35. The third-order valence-electron chi connectivity index (χ3n) is 4.96. The topological polar surface area (TPSA) is 74.3 Å². The highest BCUT2D eigenvalue weighted by molar-refractivity contribution is 5.83.